The minimum Gasteiger partial charge on any atom is -0.386 e. The van der Waals surface area contributed by atoms with E-state index in [2.05, 4.69) is 23.0 Å². The highest BCUT2D eigenvalue weighted by atomic mass is 32.1. The van der Waals surface area contributed by atoms with Crippen LogP contribution in [0.3, 0.4) is 0 Å². The van der Waals surface area contributed by atoms with Crippen molar-refractivity contribution in [2.75, 3.05) is 13.1 Å². The number of terminal acetylenes is 1. The third-order valence-electron chi connectivity index (χ3n) is 2.87. The maximum atomic E-state index is 10.2. The molecule has 1 heterocycles. The molecule has 0 fully saturated rings. The minimum absolute atomic E-state index is 0.475. The van der Waals surface area contributed by atoms with Gasteiger partial charge in [0, 0.05) is 18.0 Å². The van der Waals surface area contributed by atoms with Crippen molar-refractivity contribution in [2.24, 2.45) is 0 Å². The van der Waals surface area contributed by atoms with Crippen molar-refractivity contribution >= 4 is 11.3 Å². The van der Waals surface area contributed by atoms with Gasteiger partial charge in [0.1, 0.15) is 6.10 Å². The van der Waals surface area contributed by atoms with Crippen LogP contribution in [0.25, 0.3) is 0 Å². The van der Waals surface area contributed by atoms with Crippen molar-refractivity contribution in [2.45, 2.75) is 12.6 Å². The predicted octanol–water partition coefficient (Wildman–Crippen LogP) is 2.92. The van der Waals surface area contributed by atoms with E-state index in [0.29, 0.717) is 13.1 Å². The molecule has 19 heavy (non-hydrogen) atoms. The number of hydrogen-bond donors (Lipinski definition) is 1. The molecule has 1 atom stereocenters. The number of aliphatic hydroxyl groups excluding tert-OH is 1. The zero-order valence-corrected chi connectivity index (χ0v) is 11.5. The molecule has 1 unspecified atom stereocenters. The first-order chi connectivity index (χ1) is 9.29. The van der Waals surface area contributed by atoms with Gasteiger partial charge in [0.2, 0.25) is 0 Å². The molecule has 0 aliphatic heterocycles. The van der Waals surface area contributed by atoms with E-state index < -0.39 is 6.10 Å². The Morgan fingerprint density at radius 3 is 2.63 bits per heavy atom. The van der Waals surface area contributed by atoms with Crippen LogP contribution in [0.5, 0.6) is 0 Å². The molecule has 0 saturated carbocycles. The second kappa shape index (κ2) is 7.10. The van der Waals surface area contributed by atoms with E-state index >= 15 is 0 Å². The van der Waals surface area contributed by atoms with Gasteiger partial charge in [-0.15, -0.1) is 17.8 Å². The van der Waals surface area contributed by atoms with E-state index in [0.717, 1.165) is 11.4 Å². The standard InChI is InChI=1S/C16H17NOS/c1-2-10-17(12-14-7-4-3-5-8-14)13-15(18)16-9-6-11-19-16/h1,3-9,11,15,18H,10,12-13H2. The Morgan fingerprint density at radius 2 is 2.00 bits per heavy atom. The summed E-state index contributed by atoms with van der Waals surface area (Å²) in [6.45, 7) is 1.85. The molecule has 1 N–H and O–H groups in total. The molecular formula is C16H17NOS. The average Bonchev–Trinajstić information content (AvgIpc) is 2.94. The summed E-state index contributed by atoms with van der Waals surface area (Å²) in [6.07, 6.45) is 4.93. The second-order valence-corrected chi connectivity index (χ2v) is 5.37. The summed E-state index contributed by atoms with van der Waals surface area (Å²) in [7, 11) is 0. The molecule has 0 amide bonds. The number of aliphatic hydroxyl groups is 1. The normalized spacial score (nSPS) is 12.3. The third kappa shape index (κ3) is 4.22. The van der Waals surface area contributed by atoms with Gasteiger partial charge in [0.15, 0.2) is 0 Å². The molecule has 0 bridgehead atoms. The van der Waals surface area contributed by atoms with Crippen LogP contribution in [0.15, 0.2) is 47.8 Å². The molecule has 2 nitrogen and oxygen atoms in total. The third-order valence-corrected chi connectivity index (χ3v) is 3.84. The van der Waals surface area contributed by atoms with Crippen molar-refractivity contribution in [3.8, 4) is 12.3 Å². The number of nitrogens with zero attached hydrogens (tertiary/aromatic N) is 1. The van der Waals surface area contributed by atoms with Crippen molar-refractivity contribution in [1.29, 1.82) is 0 Å². The van der Waals surface area contributed by atoms with Crippen LogP contribution in [0, 0.1) is 12.3 Å². The second-order valence-electron chi connectivity index (χ2n) is 4.39. The Kier molecular flexibility index (Phi) is 5.17. The fourth-order valence-electron chi connectivity index (χ4n) is 1.97. The summed E-state index contributed by atoms with van der Waals surface area (Å²) >= 11 is 1.57. The lowest BCUT2D eigenvalue weighted by atomic mass is 10.2. The van der Waals surface area contributed by atoms with Crippen LogP contribution in [-0.2, 0) is 6.54 Å². The fraction of sp³-hybridized carbons (Fsp3) is 0.250. The van der Waals surface area contributed by atoms with Crippen LogP contribution >= 0.6 is 11.3 Å². The predicted molar refractivity (Wildman–Crippen MR) is 79.8 cm³/mol. The lowest BCUT2D eigenvalue weighted by Gasteiger charge is -2.22. The summed E-state index contributed by atoms with van der Waals surface area (Å²) in [6, 6.07) is 14.1. The molecular weight excluding hydrogens is 254 g/mol. The molecule has 2 rings (SSSR count). The summed E-state index contributed by atoms with van der Waals surface area (Å²) < 4.78 is 0. The van der Waals surface area contributed by atoms with Gasteiger partial charge in [-0.2, -0.15) is 0 Å². The van der Waals surface area contributed by atoms with Gasteiger partial charge in [0.05, 0.1) is 6.54 Å². The SMILES string of the molecule is C#CCN(Cc1ccccc1)CC(O)c1cccs1. The number of benzene rings is 1. The Morgan fingerprint density at radius 1 is 1.21 bits per heavy atom. The molecule has 1 aromatic carbocycles. The van der Waals surface area contributed by atoms with Gasteiger partial charge >= 0.3 is 0 Å². The van der Waals surface area contributed by atoms with Crippen molar-refractivity contribution in [1.82, 2.24) is 4.90 Å². The van der Waals surface area contributed by atoms with Crippen LogP contribution in [0.2, 0.25) is 0 Å². The van der Waals surface area contributed by atoms with Crippen molar-refractivity contribution in [3.05, 3.63) is 58.3 Å². The van der Waals surface area contributed by atoms with Crippen molar-refractivity contribution < 1.29 is 5.11 Å². The van der Waals surface area contributed by atoms with Crippen LogP contribution in [0.4, 0.5) is 0 Å². The quantitative estimate of drug-likeness (QED) is 0.817. The molecule has 0 aliphatic carbocycles. The van der Waals surface area contributed by atoms with Crippen molar-refractivity contribution in [3.63, 3.8) is 0 Å². The molecule has 1 aromatic heterocycles. The zero-order valence-electron chi connectivity index (χ0n) is 10.7. The van der Waals surface area contributed by atoms with E-state index in [1.165, 1.54) is 5.56 Å². The Labute approximate surface area is 118 Å². The first-order valence-corrected chi connectivity index (χ1v) is 7.09. The van der Waals surface area contributed by atoms with Crippen LogP contribution in [-0.4, -0.2) is 23.1 Å². The lowest BCUT2D eigenvalue weighted by Crippen LogP contribution is -2.28. The van der Waals surface area contributed by atoms with Gasteiger partial charge in [-0.05, 0) is 17.0 Å². The Balaban J connectivity index is 1.98. The monoisotopic (exact) mass is 271 g/mol. The smallest absolute Gasteiger partial charge is 0.101 e. The highest BCUT2D eigenvalue weighted by Gasteiger charge is 2.14. The van der Waals surface area contributed by atoms with Gasteiger partial charge in [0.25, 0.3) is 0 Å². The van der Waals surface area contributed by atoms with Crippen LogP contribution < -0.4 is 0 Å². The van der Waals surface area contributed by atoms with E-state index in [4.69, 9.17) is 6.42 Å². The molecule has 0 aliphatic rings. The average molecular weight is 271 g/mol. The Bertz CT molecular complexity index is 515. The van der Waals surface area contributed by atoms with E-state index in [9.17, 15) is 5.11 Å². The highest BCUT2D eigenvalue weighted by Crippen LogP contribution is 2.20. The summed E-state index contributed by atoms with van der Waals surface area (Å²) in [5.74, 6) is 2.66. The summed E-state index contributed by atoms with van der Waals surface area (Å²) in [5.41, 5.74) is 1.20. The molecule has 98 valence electrons. The maximum Gasteiger partial charge on any atom is 0.101 e. The lowest BCUT2D eigenvalue weighted by molar-refractivity contribution is 0.120. The molecule has 0 spiro atoms. The van der Waals surface area contributed by atoms with Gasteiger partial charge in [-0.3, -0.25) is 4.90 Å². The van der Waals surface area contributed by atoms with Gasteiger partial charge < -0.3 is 5.11 Å². The van der Waals surface area contributed by atoms with E-state index in [1.807, 2.05) is 35.7 Å². The highest BCUT2D eigenvalue weighted by molar-refractivity contribution is 7.10. The largest absolute Gasteiger partial charge is 0.386 e. The summed E-state index contributed by atoms with van der Waals surface area (Å²) in [5, 5.41) is 12.2. The summed E-state index contributed by atoms with van der Waals surface area (Å²) in [4.78, 5) is 3.06. The number of thiophene rings is 1. The van der Waals surface area contributed by atoms with Gasteiger partial charge in [-0.1, -0.05) is 42.3 Å². The number of hydrogen-bond acceptors (Lipinski definition) is 3. The minimum atomic E-state index is -0.475. The number of rotatable bonds is 6. The molecule has 2 aromatic rings. The molecule has 3 heteroatoms. The fourth-order valence-corrected chi connectivity index (χ4v) is 2.67. The Hall–Kier alpha value is -1.60. The molecule has 0 saturated heterocycles. The first kappa shape index (κ1) is 13.8. The van der Waals surface area contributed by atoms with Gasteiger partial charge in [-0.25, -0.2) is 0 Å². The van der Waals surface area contributed by atoms with E-state index in [-0.39, 0.29) is 0 Å². The maximum absolute atomic E-state index is 10.2. The first-order valence-electron chi connectivity index (χ1n) is 6.21. The molecule has 0 radical (unpaired) electrons. The zero-order chi connectivity index (χ0) is 13.5. The topological polar surface area (TPSA) is 23.5 Å². The van der Waals surface area contributed by atoms with E-state index in [1.54, 1.807) is 11.3 Å². The van der Waals surface area contributed by atoms with Crippen LogP contribution in [0.1, 0.15) is 16.5 Å².